The smallest absolute Gasteiger partial charge is 0.337 e. The van der Waals surface area contributed by atoms with Crippen LogP contribution in [0.1, 0.15) is 47.5 Å². The molecule has 18 heavy (non-hydrogen) atoms. The molecule has 0 fully saturated rings. The van der Waals surface area contributed by atoms with Crippen LogP contribution in [-0.4, -0.2) is 28.5 Å². The molecule has 5 heteroatoms. The monoisotopic (exact) mass is 250 g/mol. The molecule has 0 radical (unpaired) electrons. The predicted octanol–water partition coefficient (Wildman–Crippen LogP) is 1.95. The van der Waals surface area contributed by atoms with E-state index in [2.05, 4.69) is 24.1 Å². The van der Waals surface area contributed by atoms with Crippen molar-refractivity contribution in [3.8, 4) is 0 Å². The van der Waals surface area contributed by atoms with E-state index in [9.17, 15) is 9.59 Å². The van der Waals surface area contributed by atoms with E-state index in [4.69, 9.17) is 5.11 Å². The third-order valence-corrected chi connectivity index (χ3v) is 2.95. The number of nitrogens with zero attached hydrogens (tertiary/aromatic N) is 1. The van der Waals surface area contributed by atoms with Gasteiger partial charge in [0.15, 0.2) is 0 Å². The zero-order chi connectivity index (χ0) is 13.5. The fourth-order valence-corrected chi connectivity index (χ4v) is 1.56. The Balaban J connectivity index is 2.59. The molecule has 0 aliphatic rings. The van der Waals surface area contributed by atoms with Crippen molar-refractivity contribution in [3.63, 3.8) is 0 Å². The van der Waals surface area contributed by atoms with E-state index in [0.29, 0.717) is 12.5 Å². The molecular weight excluding hydrogens is 232 g/mol. The molecule has 1 amide bonds. The van der Waals surface area contributed by atoms with Crippen LogP contribution in [-0.2, 0) is 0 Å². The first-order valence-corrected chi connectivity index (χ1v) is 6.06. The van der Waals surface area contributed by atoms with Crippen LogP contribution in [0.15, 0.2) is 18.3 Å². The van der Waals surface area contributed by atoms with Crippen molar-refractivity contribution in [3.05, 3.63) is 29.6 Å². The van der Waals surface area contributed by atoms with E-state index in [1.807, 2.05) is 0 Å². The standard InChI is InChI=1S/C13H18N2O3/c1-3-9(4-2)7-15-12(16)11-6-5-10(8-14-11)13(17)18/h5-6,8-9H,3-4,7H2,1-2H3,(H,15,16)(H,17,18). The maximum atomic E-state index is 11.7. The van der Waals surface area contributed by atoms with E-state index in [1.165, 1.54) is 18.3 Å². The van der Waals surface area contributed by atoms with Gasteiger partial charge in [-0.2, -0.15) is 0 Å². The Bertz CT molecular complexity index is 411. The Morgan fingerprint density at radius 1 is 1.33 bits per heavy atom. The summed E-state index contributed by atoms with van der Waals surface area (Å²) in [6.07, 6.45) is 3.22. The van der Waals surface area contributed by atoms with Gasteiger partial charge in [-0.15, -0.1) is 0 Å². The molecule has 1 rings (SSSR count). The highest BCUT2D eigenvalue weighted by atomic mass is 16.4. The number of hydrogen-bond donors (Lipinski definition) is 2. The van der Waals surface area contributed by atoms with Gasteiger partial charge in [-0.05, 0) is 18.1 Å². The van der Waals surface area contributed by atoms with Gasteiger partial charge in [0, 0.05) is 12.7 Å². The van der Waals surface area contributed by atoms with Crippen LogP contribution in [0, 0.1) is 5.92 Å². The summed E-state index contributed by atoms with van der Waals surface area (Å²) in [5, 5.41) is 11.5. The number of amides is 1. The van der Waals surface area contributed by atoms with Gasteiger partial charge in [0.1, 0.15) is 5.69 Å². The summed E-state index contributed by atoms with van der Waals surface area (Å²) in [7, 11) is 0. The van der Waals surface area contributed by atoms with Gasteiger partial charge in [-0.3, -0.25) is 9.78 Å². The molecule has 0 saturated carbocycles. The van der Waals surface area contributed by atoms with E-state index in [0.717, 1.165) is 12.8 Å². The van der Waals surface area contributed by atoms with Gasteiger partial charge in [-0.25, -0.2) is 4.79 Å². The average molecular weight is 250 g/mol. The topological polar surface area (TPSA) is 79.3 Å². The van der Waals surface area contributed by atoms with Crippen molar-refractivity contribution >= 4 is 11.9 Å². The van der Waals surface area contributed by atoms with Gasteiger partial charge in [0.05, 0.1) is 5.56 Å². The molecular formula is C13H18N2O3. The molecule has 0 spiro atoms. The maximum Gasteiger partial charge on any atom is 0.337 e. The molecule has 0 bridgehead atoms. The van der Waals surface area contributed by atoms with Gasteiger partial charge >= 0.3 is 5.97 Å². The lowest BCUT2D eigenvalue weighted by atomic mass is 10.0. The molecule has 98 valence electrons. The molecule has 0 aromatic carbocycles. The highest BCUT2D eigenvalue weighted by Crippen LogP contribution is 2.06. The number of carboxylic acids is 1. The predicted molar refractivity (Wildman–Crippen MR) is 67.6 cm³/mol. The number of carboxylic acid groups (broad SMARTS) is 1. The number of hydrogen-bond acceptors (Lipinski definition) is 3. The Hall–Kier alpha value is -1.91. The number of nitrogens with one attached hydrogen (secondary N) is 1. The minimum atomic E-state index is -1.05. The lowest BCUT2D eigenvalue weighted by Gasteiger charge is -2.12. The molecule has 1 heterocycles. The number of rotatable bonds is 6. The third-order valence-electron chi connectivity index (χ3n) is 2.95. The molecule has 0 saturated heterocycles. The molecule has 0 aliphatic heterocycles. The van der Waals surface area contributed by atoms with E-state index in [-0.39, 0.29) is 17.2 Å². The van der Waals surface area contributed by atoms with Crippen LogP contribution in [0.5, 0.6) is 0 Å². The highest BCUT2D eigenvalue weighted by Gasteiger charge is 2.11. The SMILES string of the molecule is CCC(CC)CNC(=O)c1ccc(C(=O)O)cn1. The van der Waals surface area contributed by atoms with Gasteiger partial charge in [0.25, 0.3) is 5.91 Å². The summed E-state index contributed by atoms with van der Waals surface area (Å²) >= 11 is 0. The van der Waals surface area contributed by atoms with Crippen LogP contribution < -0.4 is 5.32 Å². The van der Waals surface area contributed by atoms with E-state index < -0.39 is 5.97 Å². The number of aromatic carboxylic acids is 1. The summed E-state index contributed by atoms with van der Waals surface area (Å²) in [5.41, 5.74) is 0.317. The maximum absolute atomic E-state index is 11.7. The number of carbonyl (C=O) groups is 2. The van der Waals surface area contributed by atoms with Crippen LogP contribution in [0.3, 0.4) is 0 Å². The largest absolute Gasteiger partial charge is 0.478 e. The van der Waals surface area contributed by atoms with Crippen LogP contribution >= 0.6 is 0 Å². The lowest BCUT2D eigenvalue weighted by Crippen LogP contribution is -2.29. The average Bonchev–Trinajstić information content (AvgIpc) is 2.39. The third kappa shape index (κ3) is 3.84. The van der Waals surface area contributed by atoms with Crippen molar-refractivity contribution in [2.24, 2.45) is 5.92 Å². The van der Waals surface area contributed by atoms with E-state index >= 15 is 0 Å². The summed E-state index contributed by atoms with van der Waals surface area (Å²) in [4.78, 5) is 26.2. The minimum Gasteiger partial charge on any atom is -0.478 e. The summed E-state index contributed by atoms with van der Waals surface area (Å²) in [6.45, 7) is 4.79. The Morgan fingerprint density at radius 3 is 2.44 bits per heavy atom. The van der Waals surface area contributed by atoms with Gasteiger partial charge in [-0.1, -0.05) is 26.7 Å². The second kappa shape index (κ2) is 6.74. The quantitative estimate of drug-likeness (QED) is 0.808. The van der Waals surface area contributed by atoms with Crippen molar-refractivity contribution in [2.45, 2.75) is 26.7 Å². The first-order chi connectivity index (χ1) is 8.58. The van der Waals surface area contributed by atoms with Crippen molar-refractivity contribution in [2.75, 3.05) is 6.54 Å². The van der Waals surface area contributed by atoms with Gasteiger partial charge in [0.2, 0.25) is 0 Å². The van der Waals surface area contributed by atoms with E-state index in [1.54, 1.807) is 0 Å². The molecule has 2 N–H and O–H groups in total. The summed E-state index contributed by atoms with van der Waals surface area (Å²) in [6, 6.07) is 2.80. The normalized spacial score (nSPS) is 10.4. The fourth-order valence-electron chi connectivity index (χ4n) is 1.56. The van der Waals surface area contributed by atoms with Crippen LogP contribution in [0.25, 0.3) is 0 Å². The first-order valence-electron chi connectivity index (χ1n) is 6.06. The van der Waals surface area contributed by atoms with Crippen LogP contribution in [0.2, 0.25) is 0 Å². The zero-order valence-corrected chi connectivity index (χ0v) is 10.6. The number of aromatic nitrogens is 1. The lowest BCUT2D eigenvalue weighted by molar-refractivity contribution is 0.0695. The Kier molecular flexibility index (Phi) is 5.30. The molecule has 5 nitrogen and oxygen atoms in total. The second-order valence-electron chi connectivity index (χ2n) is 4.13. The van der Waals surface area contributed by atoms with Crippen LogP contribution in [0.4, 0.5) is 0 Å². The summed E-state index contributed by atoms with van der Waals surface area (Å²) in [5.74, 6) is -0.849. The molecule has 1 aromatic rings. The number of pyridine rings is 1. The zero-order valence-electron chi connectivity index (χ0n) is 10.6. The highest BCUT2D eigenvalue weighted by molar-refractivity contribution is 5.93. The Morgan fingerprint density at radius 2 is 2.00 bits per heavy atom. The van der Waals surface area contributed by atoms with Crippen molar-refractivity contribution in [1.29, 1.82) is 0 Å². The van der Waals surface area contributed by atoms with Crippen molar-refractivity contribution in [1.82, 2.24) is 10.3 Å². The molecule has 0 unspecified atom stereocenters. The fraction of sp³-hybridized carbons (Fsp3) is 0.462. The Labute approximate surface area is 106 Å². The summed E-state index contributed by atoms with van der Waals surface area (Å²) < 4.78 is 0. The van der Waals surface area contributed by atoms with Crippen molar-refractivity contribution < 1.29 is 14.7 Å². The number of carbonyl (C=O) groups excluding carboxylic acids is 1. The van der Waals surface area contributed by atoms with Gasteiger partial charge < -0.3 is 10.4 Å². The molecule has 0 atom stereocenters. The molecule has 0 aliphatic carbocycles. The molecule has 1 aromatic heterocycles. The minimum absolute atomic E-state index is 0.0755. The first kappa shape index (κ1) is 14.2. The second-order valence-corrected chi connectivity index (χ2v) is 4.13.